The molecule has 1 saturated carbocycles. The highest BCUT2D eigenvalue weighted by Gasteiger charge is 2.15. The van der Waals surface area contributed by atoms with E-state index in [1.165, 1.54) is 38.5 Å². The quantitative estimate of drug-likeness (QED) is 0.618. The normalized spacial score (nSPS) is 17.8. The van der Waals surface area contributed by atoms with E-state index in [-0.39, 0.29) is 0 Å². The lowest BCUT2D eigenvalue weighted by atomic mass is 9.96. The lowest BCUT2D eigenvalue weighted by Gasteiger charge is -2.11. The maximum Gasteiger partial charge on any atom is 0.208 e. The third-order valence-corrected chi connectivity index (χ3v) is 3.77. The molecule has 3 nitrogen and oxygen atoms in total. The zero-order chi connectivity index (χ0) is 12.6. The van der Waals surface area contributed by atoms with Crippen molar-refractivity contribution in [1.82, 2.24) is 10.3 Å². The minimum atomic E-state index is 0.762. The first kappa shape index (κ1) is 13.6. The van der Waals surface area contributed by atoms with E-state index in [1.807, 2.05) is 6.20 Å². The first-order valence-corrected chi connectivity index (χ1v) is 7.52. The van der Waals surface area contributed by atoms with Crippen LogP contribution in [0, 0.1) is 5.92 Å². The van der Waals surface area contributed by atoms with E-state index in [2.05, 4.69) is 17.2 Å². The van der Waals surface area contributed by atoms with Crippen molar-refractivity contribution in [2.24, 2.45) is 5.92 Å². The van der Waals surface area contributed by atoms with Gasteiger partial charge in [-0.05, 0) is 18.9 Å². The molecule has 0 atom stereocenters. The Morgan fingerprint density at radius 1 is 1.28 bits per heavy atom. The molecule has 1 heterocycles. The fraction of sp³-hybridized carbons (Fsp3) is 0.800. The van der Waals surface area contributed by atoms with Crippen LogP contribution in [-0.2, 0) is 13.0 Å². The summed E-state index contributed by atoms with van der Waals surface area (Å²) in [6, 6.07) is 0. The third-order valence-electron chi connectivity index (χ3n) is 3.77. The summed E-state index contributed by atoms with van der Waals surface area (Å²) in [5, 5.41) is 3.32. The van der Waals surface area contributed by atoms with Gasteiger partial charge in [-0.15, -0.1) is 0 Å². The molecule has 1 aromatic rings. The first-order valence-electron chi connectivity index (χ1n) is 7.52. The minimum Gasteiger partial charge on any atom is -0.444 e. The Morgan fingerprint density at radius 2 is 2.06 bits per heavy atom. The first-order chi connectivity index (χ1) is 8.88. The van der Waals surface area contributed by atoms with Gasteiger partial charge in [0.1, 0.15) is 5.76 Å². The Hall–Kier alpha value is -0.830. The molecule has 0 amide bonds. The van der Waals surface area contributed by atoms with E-state index >= 15 is 0 Å². The van der Waals surface area contributed by atoms with Crippen LogP contribution in [0.4, 0.5) is 0 Å². The standard InChI is InChI=1S/C15H26N2O/c1-2-9-16-12-15-17-11-14(18-15)10-13-7-5-3-4-6-8-13/h11,13,16H,2-10,12H2,1H3. The van der Waals surface area contributed by atoms with E-state index in [4.69, 9.17) is 4.42 Å². The van der Waals surface area contributed by atoms with Crippen LogP contribution in [0.5, 0.6) is 0 Å². The molecule has 1 aliphatic carbocycles. The van der Waals surface area contributed by atoms with Gasteiger partial charge in [0.2, 0.25) is 5.89 Å². The number of oxazole rings is 1. The van der Waals surface area contributed by atoms with Crippen molar-refractivity contribution in [3.8, 4) is 0 Å². The van der Waals surface area contributed by atoms with Crippen LogP contribution >= 0.6 is 0 Å². The third kappa shape index (κ3) is 4.45. The topological polar surface area (TPSA) is 38.1 Å². The molecule has 0 saturated heterocycles. The van der Waals surface area contributed by atoms with Gasteiger partial charge in [0, 0.05) is 6.42 Å². The van der Waals surface area contributed by atoms with Crippen LogP contribution in [0.3, 0.4) is 0 Å². The maximum atomic E-state index is 5.80. The van der Waals surface area contributed by atoms with E-state index in [1.54, 1.807) is 0 Å². The molecule has 0 bridgehead atoms. The molecule has 0 unspecified atom stereocenters. The summed E-state index contributed by atoms with van der Waals surface area (Å²) in [6.45, 7) is 3.96. The summed E-state index contributed by atoms with van der Waals surface area (Å²) in [5.74, 6) is 2.74. The molecule has 0 aliphatic heterocycles. The number of nitrogens with one attached hydrogen (secondary N) is 1. The van der Waals surface area contributed by atoms with Crippen molar-refractivity contribution < 1.29 is 4.42 Å². The average molecular weight is 250 g/mol. The van der Waals surface area contributed by atoms with Gasteiger partial charge in [-0.2, -0.15) is 0 Å². The SMILES string of the molecule is CCCNCc1ncc(CC2CCCCCC2)o1. The van der Waals surface area contributed by atoms with Crippen LogP contribution in [0.15, 0.2) is 10.6 Å². The van der Waals surface area contributed by atoms with Gasteiger partial charge in [-0.3, -0.25) is 0 Å². The Balaban J connectivity index is 1.78. The molecule has 1 aromatic heterocycles. The van der Waals surface area contributed by atoms with Gasteiger partial charge in [0.15, 0.2) is 0 Å². The lowest BCUT2D eigenvalue weighted by Crippen LogP contribution is -2.13. The highest BCUT2D eigenvalue weighted by Crippen LogP contribution is 2.26. The molecular formula is C15H26N2O. The van der Waals surface area contributed by atoms with E-state index < -0.39 is 0 Å². The summed E-state index contributed by atoms with van der Waals surface area (Å²) < 4.78 is 5.80. The summed E-state index contributed by atoms with van der Waals surface area (Å²) >= 11 is 0. The fourth-order valence-electron chi connectivity index (χ4n) is 2.75. The molecule has 102 valence electrons. The van der Waals surface area contributed by atoms with Crippen molar-refractivity contribution >= 4 is 0 Å². The predicted octanol–water partition coefficient (Wildman–Crippen LogP) is 3.69. The van der Waals surface area contributed by atoms with Crippen LogP contribution in [-0.4, -0.2) is 11.5 Å². The molecule has 0 spiro atoms. The van der Waals surface area contributed by atoms with E-state index in [0.717, 1.165) is 43.5 Å². The fourth-order valence-corrected chi connectivity index (χ4v) is 2.75. The smallest absolute Gasteiger partial charge is 0.208 e. The minimum absolute atomic E-state index is 0.762. The average Bonchev–Trinajstić information content (AvgIpc) is 2.65. The molecule has 1 aliphatic rings. The number of hydrogen-bond donors (Lipinski definition) is 1. The zero-order valence-electron chi connectivity index (χ0n) is 11.6. The van der Waals surface area contributed by atoms with Gasteiger partial charge in [0.25, 0.3) is 0 Å². The Morgan fingerprint density at radius 3 is 2.78 bits per heavy atom. The number of aromatic nitrogens is 1. The molecule has 18 heavy (non-hydrogen) atoms. The van der Waals surface area contributed by atoms with Crippen molar-refractivity contribution in [2.75, 3.05) is 6.54 Å². The summed E-state index contributed by atoms with van der Waals surface area (Å²) in [7, 11) is 0. The Labute approximate surface area is 110 Å². The van der Waals surface area contributed by atoms with Crippen molar-refractivity contribution in [1.29, 1.82) is 0 Å². The molecule has 3 heteroatoms. The van der Waals surface area contributed by atoms with Crippen LogP contribution < -0.4 is 5.32 Å². The molecule has 2 rings (SSSR count). The maximum absolute atomic E-state index is 5.80. The highest BCUT2D eigenvalue weighted by molar-refractivity contribution is 4.96. The number of nitrogens with zero attached hydrogens (tertiary/aromatic N) is 1. The Kier molecular flexibility index (Phi) is 5.72. The Bertz CT molecular complexity index is 327. The van der Waals surface area contributed by atoms with Gasteiger partial charge in [-0.1, -0.05) is 45.4 Å². The molecular weight excluding hydrogens is 224 g/mol. The predicted molar refractivity (Wildman–Crippen MR) is 73.4 cm³/mol. The largest absolute Gasteiger partial charge is 0.444 e. The van der Waals surface area contributed by atoms with Gasteiger partial charge < -0.3 is 9.73 Å². The van der Waals surface area contributed by atoms with Crippen LogP contribution in [0.25, 0.3) is 0 Å². The summed E-state index contributed by atoms with van der Waals surface area (Å²) in [5.41, 5.74) is 0. The van der Waals surface area contributed by atoms with Crippen LogP contribution in [0.2, 0.25) is 0 Å². The van der Waals surface area contributed by atoms with Crippen LogP contribution in [0.1, 0.15) is 63.5 Å². The highest BCUT2D eigenvalue weighted by atomic mass is 16.4. The van der Waals surface area contributed by atoms with E-state index in [9.17, 15) is 0 Å². The van der Waals surface area contributed by atoms with Crippen molar-refractivity contribution in [2.45, 2.75) is 64.8 Å². The second-order valence-electron chi connectivity index (χ2n) is 5.46. The second kappa shape index (κ2) is 7.57. The lowest BCUT2D eigenvalue weighted by molar-refractivity contribution is 0.381. The second-order valence-corrected chi connectivity index (χ2v) is 5.46. The number of hydrogen-bond acceptors (Lipinski definition) is 3. The molecule has 0 radical (unpaired) electrons. The van der Waals surface area contributed by atoms with Crippen molar-refractivity contribution in [3.63, 3.8) is 0 Å². The number of rotatable bonds is 6. The van der Waals surface area contributed by atoms with E-state index in [0.29, 0.717) is 0 Å². The van der Waals surface area contributed by atoms with Gasteiger partial charge >= 0.3 is 0 Å². The monoisotopic (exact) mass is 250 g/mol. The molecule has 1 N–H and O–H groups in total. The summed E-state index contributed by atoms with van der Waals surface area (Å²) in [6.07, 6.45) is 12.5. The van der Waals surface area contributed by atoms with Gasteiger partial charge in [-0.25, -0.2) is 4.98 Å². The molecule has 0 aromatic carbocycles. The zero-order valence-corrected chi connectivity index (χ0v) is 11.6. The molecule has 1 fully saturated rings. The summed E-state index contributed by atoms with van der Waals surface area (Å²) in [4.78, 5) is 4.35. The van der Waals surface area contributed by atoms with Gasteiger partial charge in [0.05, 0.1) is 12.7 Å². The van der Waals surface area contributed by atoms with Crippen molar-refractivity contribution in [3.05, 3.63) is 17.8 Å².